The van der Waals surface area contributed by atoms with Crippen LogP contribution < -0.4 is 11.1 Å². The van der Waals surface area contributed by atoms with Crippen molar-refractivity contribution in [2.24, 2.45) is 11.7 Å². The summed E-state index contributed by atoms with van der Waals surface area (Å²) < 4.78 is 1.10. The predicted molar refractivity (Wildman–Crippen MR) is 72.7 cm³/mol. The van der Waals surface area contributed by atoms with E-state index in [0.29, 0.717) is 6.54 Å². The molecule has 0 amide bonds. The smallest absolute Gasteiger partial charge is 0.0552 e. The summed E-state index contributed by atoms with van der Waals surface area (Å²) >= 11 is 5.21. The van der Waals surface area contributed by atoms with Crippen molar-refractivity contribution in [1.82, 2.24) is 5.32 Å². The number of nitrogens with two attached hydrogens (primary N) is 1. The highest BCUT2D eigenvalue weighted by molar-refractivity contribution is 9.10. The maximum atomic E-state index is 9.10. The monoisotopic (exact) mass is 306 g/mol. The van der Waals surface area contributed by atoms with Crippen LogP contribution in [0.15, 0.2) is 15.9 Å². The first-order valence-corrected chi connectivity index (χ1v) is 7.07. The number of nitrogens with one attached hydrogen (secondary N) is 1. The molecule has 5 heteroatoms. The zero-order valence-corrected chi connectivity index (χ0v) is 12.0. The Morgan fingerprint density at radius 3 is 2.69 bits per heavy atom. The van der Waals surface area contributed by atoms with E-state index in [4.69, 9.17) is 10.8 Å². The van der Waals surface area contributed by atoms with Crippen LogP contribution in [-0.4, -0.2) is 24.3 Å². The van der Waals surface area contributed by atoms with Crippen LogP contribution in [0.1, 0.15) is 24.8 Å². The Labute approximate surface area is 109 Å². The molecule has 0 aliphatic rings. The molecule has 1 heterocycles. The lowest BCUT2D eigenvalue weighted by molar-refractivity contribution is 0.201. The lowest BCUT2D eigenvalue weighted by Gasteiger charge is -2.25. The van der Waals surface area contributed by atoms with E-state index in [0.717, 1.165) is 4.47 Å². The topological polar surface area (TPSA) is 58.3 Å². The second kappa shape index (κ2) is 6.71. The normalized spacial score (nSPS) is 17.1. The molecule has 0 aromatic carbocycles. The van der Waals surface area contributed by atoms with Crippen molar-refractivity contribution in [1.29, 1.82) is 0 Å². The van der Waals surface area contributed by atoms with Crippen molar-refractivity contribution in [3.63, 3.8) is 0 Å². The third kappa shape index (κ3) is 3.53. The lowest BCUT2D eigenvalue weighted by atomic mass is 10.0. The molecule has 0 spiro atoms. The van der Waals surface area contributed by atoms with Crippen LogP contribution in [0.4, 0.5) is 0 Å². The van der Waals surface area contributed by atoms with Crippen molar-refractivity contribution in [2.45, 2.75) is 25.9 Å². The maximum Gasteiger partial charge on any atom is 0.0552 e. The van der Waals surface area contributed by atoms with Crippen molar-refractivity contribution in [2.75, 3.05) is 13.2 Å². The molecular formula is C11H19BrN2OS. The van der Waals surface area contributed by atoms with Crippen molar-refractivity contribution in [3.05, 3.63) is 20.8 Å². The molecule has 3 unspecified atom stereocenters. The molecule has 0 saturated heterocycles. The van der Waals surface area contributed by atoms with E-state index in [-0.39, 0.29) is 24.6 Å². The fourth-order valence-corrected chi connectivity index (χ4v) is 3.17. The fourth-order valence-electron chi connectivity index (χ4n) is 1.44. The summed E-state index contributed by atoms with van der Waals surface area (Å²) in [7, 11) is 0. The largest absolute Gasteiger partial charge is 0.396 e. The van der Waals surface area contributed by atoms with Crippen LogP contribution in [0.25, 0.3) is 0 Å². The van der Waals surface area contributed by atoms with Gasteiger partial charge < -0.3 is 16.2 Å². The van der Waals surface area contributed by atoms with Gasteiger partial charge in [-0.3, -0.25) is 0 Å². The van der Waals surface area contributed by atoms with Gasteiger partial charge in [0.2, 0.25) is 0 Å². The molecule has 0 aliphatic carbocycles. The maximum absolute atomic E-state index is 9.10. The van der Waals surface area contributed by atoms with Gasteiger partial charge in [-0.2, -0.15) is 0 Å². The predicted octanol–water partition coefficient (Wildman–Crippen LogP) is 2.12. The molecule has 0 aliphatic heterocycles. The third-order valence-corrected chi connectivity index (χ3v) is 4.79. The first-order chi connectivity index (χ1) is 7.60. The van der Waals surface area contributed by atoms with Crippen LogP contribution in [0.2, 0.25) is 0 Å². The van der Waals surface area contributed by atoms with Gasteiger partial charge in [0.25, 0.3) is 0 Å². The molecule has 4 N–H and O–H groups in total. The first-order valence-electron chi connectivity index (χ1n) is 5.40. The summed E-state index contributed by atoms with van der Waals surface area (Å²) in [5.74, 6) is 0.229. The van der Waals surface area contributed by atoms with E-state index < -0.39 is 0 Å². The van der Waals surface area contributed by atoms with Crippen molar-refractivity contribution < 1.29 is 5.11 Å². The summed E-state index contributed by atoms with van der Waals surface area (Å²) in [6, 6.07) is 2.43. The number of aliphatic hydroxyl groups excluding tert-OH is 1. The molecule has 1 aromatic rings. The molecule has 0 fully saturated rings. The molecule has 3 nitrogen and oxygen atoms in total. The van der Waals surface area contributed by atoms with E-state index in [1.807, 2.05) is 18.4 Å². The molecular weight excluding hydrogens is 288 g/mol. The van der Waals surface area contributed by atoms with Crippen LogP contribution >= 0.6 is 27.3 Å². The van der Waals surface area contributed by atoms with Gasteiger partial charge >= 0.3 is 0 Å². The SMILES string of the molecule is CC(CO)C(C)NC(CN)c1sccc1Br. The van der Waals surface area contributed by atoms with E-state index in [9.17, 15) is 0 Å². The second-order valence-electron chi connectivity index (χ2n) is 4.04. The quantitative estimate of drug-likeness (QED) is 0.754. The fraction of sp³-hybridized carbons (Fsp3) is 0.636. The minimum Gasteiger partial charge on any atom is -0.396 e. The van der Waals surface area contributed by atoms with Gasteiger partial charge in [-0.15, -0.1) is 11.3 Å². The lowest BCUT2D eigenvalue weighted by Crippen LogP contribution is -2.39. The molecule has 92 valence electrons. The molecule has 3 atom stereocenters. The van der Waals surface area contributed by atoms with Crippen LogP contribution in [0.3, 0.4) is 0 Å². The molecule has 16 heavy (non-hydrogen) atoms. The Morgan fingerprint density at radius 2 is 2.25 bits per heavy atom. The number of hydrogen-bond acceptors (Lipinski definition) is 4. The van der Waals surface area contributed by atoms with Gasteiger partial charge in [0.1, 0.15) is 0 Å². The third-order valence-electron chi connectivity index (χ3n) is 2.80. The van der Waals surface area contributed by atoms with Gasteiger partial charge in [-0.1, -0.05) is 6.92 Å². The van der Waals surface area contributed by atoms with Gasteiger partial charge in [-0.25, -0.2) is 0 Å². The first kappa shape index (κ1) is 14.1. The Hall–Kier alpha value is 0.0600. The molecule has 1 aromatic heterocycles. The Balaban J connectivity index is 2.66. The number of rotatable bonds is 6. The zero-order valence-electron chi connectivity index (χ0n) is 9.61. The number of aliphatic hydroxyl groups is 1. The highest BCUT2D eigenvalue weighted by atomic mass is 79.9. The second-order valence-corrected chi connectivity index (χ2v) is 5.84. The van der Waals surface area contributed by atoms with Gasteiger partial charge in [0, 0.05) is 28.5 Å². The standard InChI is InChI=1S/C11H19BrN2OS/c1-7(6-15)8(2)14-10(5-13)11-9(12)3-4-16-11/h3-4,7-8,10,14-15H,5-6,13H2,1-2H3. The van der Waals surface area contributed by atoms with E-state index >= 15 is 0 Å². The van der Waals surface area contributed by atoms with E-state index in [1.165, 1.54) is 4.88 Å². The summed E-state index contributed by atoms with van der Waals surface area (Å²) in [6.45, 7) is 4.85. The summed E-state index contributed by atoms with van der Waals surface area (Å²) in [6.07, 6.45) is 0. The number of hydrogen-bond donors (Lipinski definition) is 3. The van der Waals surface area contributed by atoms with Crippen LogP contribution in [0.5, 0.6) is 0 Å². The van der Waals surface area contributed by atoms with Gasteiger partial charge in [-0.05, 0) is 40.2 Å². The molecule has 0 saturated carbocycles. The van der Waals surface area contributed by atoms with E-state index in [1.54, 1.807) is 11.3 Å². The zero-order chi connectivity index (χ0) is 12.1. The minimum atomic E-state index is 0.151. The Morgan fingerprint density at radius 1 is 1.56 bits per heavy atom. The van der Waals surface area contributed by atoms with E-state index in [2.05, 4.69) is 28.2 Å². The van der Waals surface area contributed by atoms with Crippen molar-refractivity contribution >= 4 is 27.3 Å². The van der Waals surface area contributed by atoms with Gasteiger partial charge in [0.15, 0.2) is 0 Å². The average molecular weight is 307 g/mol. The minimum absolute atomic E-state index is 0.151. The number of thiophene rings is 1. The van der Waals surface area contributed by atoms with Crippen molar-refractivity contribution in [3.8, 4) is 0 Å². The summed E-state index contributed by atoms with van der Waals surface area (Å²) in [4.78, 5) is 1.22. The summed E-state index contributed by atoms with van der Waals surface area (Å²) in [5.41, 5.74) is 5.78. The Kier molecular flexibility index (Phi) is 5.92. The number of halogens is 1. The summed E-state index contributed by atoms with van der Waals surface area (Å²) in [5, 5.41) is 14.6. The van der Waals surface area contributed by atoms with Gasteiger partial charge in [0.05, 0.1) is 6.04 Å². The molecule has 1 rings (SSSR count). The van der Waals surface area contributed by atoms with Crippen LogP contribution in [-0.2, 0) is 0 Å². The highest BCUT2D eigenvalue weighted by Gasteiger charge is 2.19. The molecule has 0 bridgehead atoms. The van der Waals surface area contributed by atoms with Crippen LogP contribution in [0, 0.1) is 5.92 Å². The average Bonchev–Trinajstić information content (AvgIpc) is 2.70. The molecule has 0 radical (unpaired) electrons. The Bertz CT molecular complexity index is 319. The highest BCUT2D eigenvalue weighted by Crippen LogP contribution is 2.29.